The predicted octanol–water partition coefficient (Wildman–Crippen LogP) is 3.42. The SMILES string of the molecule is Cc1cccn2c(=O)c3cc(C(=O)N4CCc5ccccc54)sc3nc12. The Labute approximate surface area is 153 Å². The number of nitrogens with zero attached hydrogens (tertiary/aromatic N) is 3. The van der Waals surface area contributed by atoms with E-state index in [4.69, 9.17) is 0 Å². The fourth-order valence-electron chi connectivity index (χ4n) is 3.55. The van der Waals surface area contributed by atoms with Crippen molar-refractivity contribution >= 4 is 38.8 Å². The Morgan fingerprint density at radius 2 is 2.04 bits per heavy atom. The molecule has 5 rings (SSSR count). The molecule has 0 radical (unpaired) electrons. The summed E-state index contributed by atoms with van der Waals surface area (Å²) in [6.45, 7) is 2.59. The van der Waals surface area contributed by atoms with Crippen LogP contribution in [0.2, 0.25) is 0 Å². The number of thiophene rings is 1. The summed E-state index contributed by atoms with van der Waals surface area (Å²) in [5.74, 6) is -0.0665. The van der Waals surface area contributed by atoms with E-state index in [0.29, 0.717) is 27.3 Å². The van der Waals surface area contributed by atoms with Gasteiger partial charge in [0.05, 0.1) is 10.3 Å². The van der Waals surface area contributed by atoms with Crippen molar-refractivity contribution in [2.24, 2.45) is 0 Å². The van der Waals surface area contributed by atoms with E-state index in [1.807, 2.05) is 37.3 Å². The lowest BCUT2D eigenvalue weighted by atomic mass is 10.2. The predicted molar refractivity (Wildman–Crippen MR) is 103 cm³/mol. The summed E-state index contributed by atoms with van der Waals surface area (Å²) >= 11 is 1.29. The van der Waals surface area contributed by atoms with Crippen molar-refractivity contribution in [3.8, 4) is 0 Å². The standard InChI is InChI=1S/C20H15N3O2S/c1-12-5-4-9-23-17(12)21-18-14(19(23)24)11-16(26-18)20(25)22-10-8-13-6-2-3-7-15(13)22/h2-7,9,11H,8,10H2,1H3. The molecule has 6 heteroatoms. The molecule has 0 atom stereocenters. The highest BCUT2D eigenvalue weighted by atomic mass is 32.1. The van der Waals surface area contributed by atoms with E-state index in [2.05, 4.69) is 11.1 Å². The van der Waals surface area contributed by atoms with E-state index in [0.717, 1.165) is 17.7 Å². The maximum Gasteiger partial charge on any atom is 0.268 e. The largest absolute Gasteiger partial charge is 0.307 e. The molecule has 0 fully saturated rings. The second kappa shape index (κ2) is 5.51. The Morgan fingerprint density at radius 1 is 1.19 bits per heavy atom. The van der Waals surface area contributed by atoms with Gasteiger partial charge in [0.1, 0.15) is 10.5 Å². The van der Waals surface area contributed by atoms with Gasteiger partial charge in [-0.3, -0.25) is 14.0 Å². The van der Waals surface area contributed by atoms with Gasteiger partial charge in [0.15, 0.2) is 0 Å². The van der Waals surface area contributed by atoms with Gasteiger partial charge in [-0.05, 0) is 42.7 Å². The van der Waals surface area contributed by atoms with Crippen LogP contribution in [0.4, 0.5) is 5.69 Å². The second-order valence-electron chi connectivity index (χ2n) is 6.47. The zero-order chi connectivity index (χ0) is 17.8. The number of benzene rings is 1. The lowest BCUT2D eigenvalue weighted by Crippen LogP contribution is -2.28. The summed E-state index contributed by atoms with van der Waals surface area (Å²) in [7, 11) is 0. The van der Waals surface area contributed by atoms with E-state index in [-0.39, 0.29) is 11.5 Å². The number of carbonyl (C=O) groups excluding carboxylic acids is 1. The number of hydrogen-bond acceptors (Lipinski definition) is 4. The van der Waals surface area contributed by atoms with E-state index >= 15 is 0 Å². The quantitative estimate of drug-likeness (QED) is 0.522. The van der Waals surface area contributed by atoms with Crippen LogP contribution in [-0.4, -0.2) is 21.8 Å². The normalized spacial score (nSPS) is 13.5. The van der Waals surface area contributed by atoms with Crippen molar-refractivity contribution in [3.05, 3.63) is 75.0 Å². The average Bonchev–Trinajstić information content (AvgIpc) is 3.27. The molecule has 5 nitrogen and oxygen atoms in total. The molecular formula is C20H15N3O2S. The number of aromatic nitrogens is 2. The minimum absolute atomic E-state index is 0.0665. The van der Waals surface area contributed by atoms with Crippen LogP contribution in [0.15, 0.2) is 53.5 Å². The molecule has 0 saturated carbocycles. The van der Waals surface area contributed by atoms with Gasteiger partial charge in [-0.2, -0.15) is 0 Å². The highest BCUT2D eigenvalue weighted by Crippen LogP contribution is 2.31. The number of pyridine rings is 1. The smallest absolute Gasteiger partial charge is 0.268 e. The van der Waals surface area contributed by atoms with Gasteiger partial charge in [-0.25, -0.2) is 4.98 Å². The van der Waals surface area contributed by atoms with Crippen LogP contribution in [0.25, 0.3) is 15.9 Å². The van der Waals surface area contributed by atoms with Crippen LogP contribution in [-0.2, 0) is 6.42 Å². The molecule has 0 saturated heterocycles. The lowest BCUT2D eigenvalue weighted by molar-refractivity contribution is 0.0993. The van der Waals surface area contributed by atoms with Crippen LogP contribution in [0.5, 0.6) is 0 Å². The zero-order valence-electron chi connectivity index (χ0n) is 14.1. The van der Waals surface area contributed by atoms with Crippen molar-refractivity contribution in [2.45, 2.75) is 13.3 Å². The van der Waals surface area contributed by atoms with Gasteiger partial charge >= 0.3 is 0 Å². The Bertz CT molecular complexity index is 1260. The molecule has 4 heterocycles. The molecule has 4 aromatic rings. The third-order valence-electron chi connectivity index (χ3n) is 4.87. The molecule has 3 aromatic heterocycles. The van der Waals surface area contributed by atoms with Crippen molar-refractivity contribution < 1.29 is 4.79 Å². The number of carbonyl (C=O) groups is 1. The first-order valence-corrected chi connectivity index (χ1v) is 9.26. The van der Waals surface area contributed by atoms with Crippen molar-refractivity contribution in [1.82, 2.24) is 9.38 Å². The van der Waals surface area contributed by atoms with Gasteiger partial charge in [0.25, 0.3) is 11.5 Å². The number of anilines is 1. The Balaban J connectivity index is 1.66. The molecule has 0 bridgehead atoms. The zero-order valence-corrected chi connectivity index (χ0v) is 14.9. The summed E-state index contributed by atoms with van der Waals surface area (Å²) in [6.07, 6.45) is 2.57. The molecule has 0 aliphatic carbocycles. The fourth-order valence-corrected chi connectivity index (χ4v) is 4.52. The number of fused-ring (bicyclic) bond motifs is 3. The Morgan fingerprint density at radius 3 is 2.92 bits per heavy atom. The van der Waals surface area contributed by atoms with Crippen LogP contribution in [0, 0.1) is 6.92 Å². The van der Waals surface area contributed by atoms with Crippen LogP contribution < -0.4 is 10.5 Å². The minimum Gasteiger partial charge on any atom is -0.307 e. The summed E-state index contributed by atoms with van der Waals surface area (Å²) in [5.41, 5.74) is 3.58. The Hall–Kier alpha value is -2.99. The molecule has 26 heavy (non-hydrogen) atoms. The third kappa shape index (κ3) is 2.12. The van der Waals surface area contributed by atoms with E-state index in [1.54, 1.807) is 21.6 Å². The monoisotopic (exact) mass is 361 g/mol. The van der Waals surface area contributed by atoms with Gasteiger partial charge in [-0.1, -0.05) is 24.3 Å². The Kier molecular flexibility index (Phi) is 3.24. The number of rotatable bonds is 1. The van der Waals surface area contributed by atoms with Gasteiger partial charge < -0.3 is 4.90 Å². The first kappa shape index (κ1) is 15.3. The summed E-state index contributed by atoms with van der Waals surface area (Å²) < 4.78 is 1.55. The molecule has 0 spiro atoms. The maximum atomic E-state index is 13.1. The van der Waals surface area contributed by atoms with Crippen molar-refractivity contribution in [3.63, 3.8) is 0 Å². The van der Waals surface area contributed by atoms with Gasteiger partial charge in [0.2, 0.25) is 0 Å². The highest BCUT2D eigenvalue weighted by Gasteiger charge is 2.27. The molecule has 0 unspecified atom stereocenters. The molecule has 128 valence electrons. The topological polar surface area (TPSA) is 54.7 Å². The fraction of sp³-hybridized carbons (Fsp3) is 0.150. The van der Waals surface area contributed by atoms with Crippen LogP contribution in [0.3, 0.4) is 0 Å². The molecular weight excluding hydrogens is 346 g/mol. The maximum absolute atomic E-state index is 13.1. The molecule has 1 amide bonds. The van der Waals surface area contributed by atoms with Crippen LogP contribution >= 0.6 is 11.3 Å². The average molecular weight is 361 g/mol. The van der Waals surface area contributed by atoms with Gasteiger partial charge in [0, 0.05) is 18.4 Å². The van der Waals surface area contributed by atoms with E-state index < -0.39 is 0 Å². The van der Waals surface area contributed by atoms with E-state index in [1.165, 1.54) is 16.9 Å². The first-order valence-electron chi connectivity index (χ1n) is 8.45. The number of amides is 1. The summed E-state index contributed by atoms with van der Waals surface area (Å²) in [4.78, 5) is 33.4. The summed E-state index contributed by atoms with van der Waals surface area (Å²) in [6, 6.07) is 13.4. The lowest BCUT2D eigenvalue weighted by Gasteiger charge is -2.15. The minimum atomic E-state index is -0.133. The number of para-hydroxylation sites is 1. The van der Waals surface area contributed by atoms with E-state index in [9.17, 15) is 9.59 Å². The molecule has 1 aromatic carbocycles. The van der Waals surface area contributed by atoms with Crippen molar-refractivity contribution in [1.29, 1.82) is 0 Å². The number of hydrogen-bond donors (Lipinski definition) is 0. The van der Waals surface area contributed by atoms with Crippen molar-refractivity contribution in [2.75, 3.05) is 11.4 Å². The third-order valence-corrected chi connectivity index (χ3v) is 5.89. The number of aryl methyl sites for hydroxylation is 1. The first-order chi connectivity index (χ1) is 12.6. The molecule has 0 N–H and O–H groups in total. The van der Waals surface area contributed by atoms with Gasteiger partial charge in [-0.15, -0.1) is 11.3 Å². The molecule has 1 aliphatic heterocycles. The van der Waals surface area contributed by atoms with Crippen LogP contribution in [0.1, 0.15) is 20.8 Å². The second-order valence-corrected chi connectivity index (χ2v) is 7.50. The molecule has 1 aliphatic rings. The summed E-state index contributed by atoms with van der Waals surface area (Å²) in [5, 5.41) is 0.494. The highest BCUT2D eigenvalue weighted by molar-refractivity contribution is 7.20.